The van der Waals surface area contributed by atoms with Gasteiger partial charge in [-0.05, 0) is 114 Å². The van der Waals surface area contributed by atoms with Gasteiger partial charge in [-0.1, -0.05) is 196 Å². The zero-order chi connectivity index (χ0) is 43.2. The van der Waals surface area contributed by atoms with Gasteiger partial charge in [0.25, 0.3) is 0 Å². The van der Waals surface area contributed by atoms with Crippen LogP contribution in [0.3, 0.4) is 0 Å². The molecule has 0 radical (unpaired) electrons. The summed E-state index contributed by atoms with van der Waals surface area (Å²) in [6.45, 7) is 4.72. The van der Waals surface area contributed by atoms with Crippen molar-refractivity contribution in [2.24, 2.45) is 0 Å². The smallest absolute Gasteiger partial charge is 0.143 e. The number of fused-ring (bicyclic) bond motifs is 12. The van der Waals surface area contributed by atoms with E-state index in [0.717, 1.165) is 61.1 Å². The Morgan fingerprint density at radius 3 is 1.63 bits per heavy atom. The van der Waals surface area contributed by atoms with Crippen LogP contribution in [0.25, 0.3) is 98.8 Å². The molecule has 65 heavy (non-hydrogen) atoms. The summed E-state index contributed by atoms with van der Waals surface area (Å²) in [5.41, 5.74) is 17.3. The molecule has 2 heteroatoms. The molecule has 12 aromatic rings. The van der Waals surface area contributed by atoms with Crippen molar-refractivity contribution < 1.29 is 4.42 Å². The van der Waals surface area contributed by atoms with Gasteiger partial charge in [0.15, 0.2) is 0 Å². The van der Waals surface area contributed by atoms with Crippen molar-refractivity contribution >= 4 is 71.3 Å². The Bertz CT molecular complexity index is 3840. The molecule has 11 aromatic carbocycles. The van der Waals surface area contributed by atoms with Crippen molar-refractivity contribution in [3.8, 4) is 44.5 Å². The van der Waals surface area contributed by atoms with Crippen LogP contribution in [0.4, 0.5) is 17.1 Å². The van der Waals surface area contributed by atoms with Crippen molar-refractivity contribution in [1.29, 1.82) is 0 Å². The van der Waals surface area contributed by atoms with Crippen molar-refractivity contribution in [2.75, 3.05) is 4.90 Å². The van der Waals surface area contributed by atoms with Gasteiger partial charge in [0.2, 0.25) is 0 Å². The average molecular weight is 830 g/mol. The molecule has 1 heterocycles. The second-order valence-electron chi connectivity index (χ2n) is 18.0. The van der Waals surface area contributed by atoms with Crippen LogP contribution in [-0.4, -0.2) is 0 Å². The molecule has 0 amide bonds. The van der Waals surface area contributed by atoms with Crippen LogP contribution in [0, 0.1) is 0 Å². The minimum absolute atomic E-state index is 0.138. The molecule has 0 saturated heterocycles. The number of nitrogens with zero attached hydrogens (tertiary/aromatic N) is 1. The van der Waals surface area contributed by atoms with E-state index >= 15 is 0 Å². The lowest BCUT2D eigenvalue weighted by atomic mass is 9.82. The lowest BCUT2D eigenvalue weighted by Gasteiger charge is -2.29. The van der Waals surface area contributed by atoms with E-state index in [4.69, 9.17) is 4.42 Å². The minimum atomic E-state index is -0.138. The topological polar surface area (TPSA) is 16.4 Å². The van der Waals surface area contributed by atoms with Gasteiger partial charge in [0.1, 0.15) is 11.2 Å². The number of anilines is 3. The highest BCUT2D eigenvalue weighted by molar-refractivity contribution is 6.31. The Morgan fingerprint density at radius 2 is 0.877 bits per heavy atom. The Balaban J connectivity index is 1.05. The predicted octanol–water partition coefficient (Wildman–Crippen LogP) is 17.8. The van der Waals surface area contributed by atoms with E-state index in [1.165, 1.54) is 65.9 Å². The van der Waals surface area contributed by atoms with E-state index in [2.05, 4.69) is 243 Å². The summed E-state index contributed by atoms with van der Waals surface area (Å²) in [5, 5.41) is 9.40. The van der Waals surface area contributed by atoms with E-state index in [-0.39, 0.29) is 5.41 Å². The molecule has 0 aliphatic heterocycles. The van der Waals surface area contributed by atoms with Crippen LogP contribution < -0.4 is 4.90 Å². The maximum absolute atomic E-state index is 7.08. The van der Waals surface area contributed by atoms with Crippen LogP contribution in [0.2, 0.25) is 0 Å². The van der Waals surface area contributed by atoms with Gasteiger partial charge >= 0.3 is 0 Å². The van der Waals surface area contributed by atoms with Gasteiger partial charge < -0.3 is 9.32 Å². The first-order chi connectivity index (χ1) is 32.0. The number of furan rings is 1. The van der Waals surface area contributed by atoms with Gasteiger partial charge in [0.05, 0.1) is 5.69 Å². The zero-order valence-corrected chi connectivity index (χ0v) is 36.2. The van der Waals surface area contributed by atoms with E-state index in [9.17, 15) is 0 Å². The second kappa shape index (κ2) is 14.4. The van der Waals surface area contributed by atoms with Gasteiger partial charge in [-0.15, -0.1) is 0 Å². The molecule has 0 N–H and O–H groups in total. The Labute approximate surface area is 378 Å². The third-order valence-electron chi connectivity index (χ3n) is 14.0. The van der Waals surface area contributed by atoms with Gasteiger partial charge in [-0.25, -0.2) is 0 Å². The molecule has 0 fully saturated rings. The van der Waals surface area contributed by atoms with Crippen LogP contribution in [0.5, 0.6) is 0 Å². The summed E-state index contributed by atoms with van der Waals surface area (Å²) in [6, 6.07) is 82.1. The van der Waals surface area contributed by atoms with Crippen molar-refractivity contribution in [2.45, 2.75) is 19.3 Å². The molecule has 0 saturated carbocycles. The highest BCUT2D eigenvalue weighted by Crippen LogP contribution is 2.52. The van der Waals surface area contributed by atoms with Gasteiger partial charge in [0, 0.05) is 43.9 Å². The van der Waals surface area contributed by atoms with E-state index in [0.29, 0.717) is 0 Å². The summed E-state index contributed by atoms with van der Waals surface area (Å²) in [4.78, 5) is 2.46. The fourth-order valence-corrected chi connectivity index (χ4v) is 10.9. The monoisotopic (exact) mass is 829 g/mol. The van der Waals surface area contributed by atoms with Crippen molar-refractivity contribution in [3.63, 3.8) is 0 Å². The lowest BCUT2D eigenvalue weighted by molar-refractivity contribution is 0.660. The van der Waals surface area contributed by atoms with E-state index in [1.54, 1.807) is 0 Å². The predicted molar refractivity (Wildman–Crippen MR) is 275 cm³/mol. The number of hydrogen-bond donors (Lipinski definition) is 0. The fourth-order valence-electron chi connectivity index (χ4n) is 10.9. The Morgan fingerprint density at radius 1 is 0.323 bits per heavy atom. The largest absolute Gasteiger partial charge is 0.455 e. The quantitative estimate of drug-likeness (QED) is 0.155. The third kappa shape index (κ3) is 5.74. The number of benzene rings is 11. The molecular weight excluding hydrogens is 787 g/mol. The van der Waals surface area contributed by atoms with E-state index in [1.807, 2.05) is 0 Å². The zero-order valence-electron chi connectivity index (χ0n) is 36.2. The third-order valence-corrected chi connectivity index (χ3v) is 14.0. The van der Waals surface area contributed by atoms with Gasteiger partial charge in [-0.2, -0.15) is 0 Å². The highest BCUT2D eigenvalue weighted by atomic mass is 16.3. The highest BCUT2D eigenvalue weighted by Gasteiger charge is 2.36. The molecule has 0 atom stereocenters. The number of rotatable bonds is 6. The van der Waals surface area contributed by atoms with Gasteiger partial charge in [-0.3, -0.25) is 0 Å². The first-order valence-electron chi connectivity index (χ1n) is 22.6. The van der Waals surface area contributed by atoms with Crippen molar-refractivity contribution in [1.82, 2.24) is 0 Å². The minimum Gasteiger partial charge on any atom is -0.455 e. The molecule has 0 bridgehead atoms. The first kappa shape index (κ1) is 37.4. The summed E-state index contributed by atoms with van der Waals surface area (Å²) in [7, 11) is 0. The standard InChI is InChI=1S/C63H43NO/c1-63(2)57-28-16-15-24-50(57)51-34-33-45(39-58(51)63)64(44-31-29-41(30-32-44)40-17-5-3-6-18-40)59-36-35-46(47-21-9-12-25-52(47)59)43-37-55(42-19-7-4-8-20-42)61-56(38-43)60-53-26-13-10-22-48(53)49-23-11-14-27-54(49)62(60)65-61/h3-39H,1-2H3. The Kier molecular flexibility index (Phi) is 8.29. The van der Waals surface area contributed by atoms with Crippen LogP contribution >= 0.6 is 0 Å². The SMILES string of the molecule is CC1(C)c2ccccc2-c2ccc(N(c3ccc(-c4ccccc4)cc3)c3ccc(-c4cc(-c5ccccc5)c5oc6c7ccccc7c7ccccc7c6c5c4)c4ccccc34)cc21. The van der Waals surface area contributed by atoms with Crippen molar-refractivity contribution in [3.05, 3.63) is 236 Å². The molecule has 13 rings (SSSR count). The summed E-state index contributed by atoms with van der Waals surface area (Å²) in [5.74, 6) is 0. The maximum atomic E-state index is 7.08. The molecule has 2 nitrogen and oxygen atoms in total. The number of hydrogen-bond acceptors (Lipinski definition) is 2. The fraction of sp³-hybridized carbons (Fsp3) is 0.0476. The molecule has 306 valence electrons. The molecular formula is C63H43NO. The average Bonchev–Trinajstić information content (AvgIpc) is 3.87. The van der Waals surface area contributed by atoms with Crippen LogP contribution in [-0.2, 0) is 5.41 Å². The summed E-state index contributed by atoms with van der Waals surface area (Å²) < 4.78 is 7.08. The maximum Gasteiger partial charge on any atom is 0.143 e. The molecule has 0 spiro atoms. The first-order valence-corrected chi connectivity index (χ1v) is 22.6. The normalized spacial score (nSPS) is 12.9. The molecule has 1 aliphatic rings. The molecule has 0 unspecified atom stereocenters. The Hall–Kier alpha value is -8.20. The lowest BCUT2D eigenvalue weighted by Crippen LogP contribution is -2.16. The van der Waals surface area contributed by atoms with Crippen LogP contribution in [0.1, 0.15) is 25.0 Å². The second-order valence-corrected chi connectivity index (χ2v) is 18.0. The summed E-state index contributed by atoms with van der Waals surface area (Å²) in [6.07, 6.45) is 0. The van der Waals surface area contributed by atoms with E-state index < -0.39 is 0 Å². The molecule has 1 aromatic heterocycles. The van der Waals surface area contributed by atoms with Crippen LogP contribution in [0.15, 0.2) is 229 Å². The summed E-state index contributed by atoms with van der Waals surface area (Å²) >= 11 is 0. The molecule has 1 aliphatic carbocycles.